The van der Waals surface area contributed by atoms with Crippen molar-refractivity contribution in [3.05, 3.63) is 30.1 Å². The van der Waals surface area contributed by atoms with Crippen LogP contribution in [0.1, 0.15) is 52.1 Å². The first-order valence-corrected chi connectivity index (χ1v) is 7.39. The van der Waals surface area contributed by atoms with Gasteiger partial charge >= 0.3 is 0 Å². The maximum absolute atomic E-state index is 5.85. The third-order valence-corrected chi connectivity index (χ3v) is 4.75. The number of nitrogens with one attached hydrogen (secondary N) is 1. The second kappa shape index (κ2) is 6.02. The molecule has 1 saturated carbocycles. The highest BCUT2D eigenvalue weighted by Gasteiger charge is 2.51. The van der Waals surface area contributed by atoms with Crippen molar-refractivity contribution >= 4 is 0 Å². The molecule has 1 heterocycles. The van der Waals surface area contributed by atoms with E-state index in [0.717, 1.165) is 19.4 Å². The maximum atomic E-state index is 5.85. The topological polar surface area (TPSA) is 34.1 Å². The van der Waals surface area contributed by atoms with Gasteiger partial charge in [0.15, 0.2) is 0 Å². The molecule has 1 aliphatic carbocycles. The monoisotopic (exact) mass is 262 g/mol. The predicted molar refractivity (Wildman–Crippen MR) is 78.0 cm³/mol. The molecule has 0 bridgehead atoms. The van der Waals surface area contributed by atoms with Crippen molar-refractivity contribution in [2.45, 2.75) is 58.7 Å². The normalized spacial score (nSPS) is 31.8. The molecule has 0 amide bonds. The Kier molecular flexibility index (Phi) is 4.58. The van der Waals surface area contributed by atoms with Gasteiger partial charge in [0.2, 0.25) is 0 Å². The molecule has 1 fully saturated rings. The zero-order valence-corrected chi connectivity index (χ0v) is 12.5. The third kappa shape index (κ3) is 2.82. The van der Waals surface area contributed by atoms with Gasteiger partial charge in [0, 0.05) is 36.5 Å². The van der Waals surface area contributed by atoms with E-state index in [-0.39, 0.29) is 5.41 Å². The van der Waals surface area contributed by atoms with Crippen molar-refractivity contribution in [2.75, 3.05) is 6.61 Å². The van der Waals surface area contributed by atoms with E-state index in [1.807, 2.05) is 18.5 Å². The third-order valence-electron chi connectivity index (χ3n) is 4.75. The van der Waals surface area contributed by atoms with Crippen LogP contribution in [0.3, 0.4) is 0 Å². The molecule has 1 aliphatic rings. The molecule has 1 N–H and O–H groups in total. The summed E-state index contributed by atoms with van der Waals surface area (Å²) in [4.78, 5) is 4.19. The molecular weight excluding hydrogens is 236 g/mol. The number of pyridine rings is 1. The van der Waals surface area contributed by atoms with Crippen LogP contribution in [0.5, 0.6) is 0 Å². The molecule has 3 heteroatoms. The summed E-state index contributed by atoms with van der Waals surface area (Å²) >= 11 is 0. The first-order chi connectivity index (χ1) is 9.11. The number of ether oxygens (including phenoxy) is 1. The van der Waals surface area contributed by atoms with Crippen LogP contribution < -0.4 is 5.32 Å². The number of hydrogen-bond acceptors (Lipinski definition) is 3. The molecule has 4 atom stereocenters. The Hall–Kier alpha value is -0.930. The van der Waals surface area contributed by atoms with Crippen LogP contribution in [0, 0.1) is 5.41 Å². The first kappa shape index (κ1) is 14.5. The molecule has 0 spiro atoms. The highest BCUT2D eigenvalue weighted by molar-refractivity contribution is 5.15. The largest absolute Gasteiger partial charge is 0.378 e. The predicted octanol–water partition coefficient (Wildman–Crippen LogP) is 3.33. The molecular formula is C16H26N2O. The Morgan fingerprint density at radius 3 is 2.89 bits per heavy atom. The van der Waals surface area contributed by atoms with Crippen LogP contribution in [0.2, 0.25) is 0 Å². The van der Waals surface area contributed by atoms with E-state index in [9.17, 15) is 0 Å². The van der Waals surface area contributed by atoms with Crippen molar-refractivity contribution in [3.8, 4) is 0 Å². The van der Waals surface area contributed by atoms with E-state index < -0.39 is 0 Å². The minimum atomic E-state index is 0.256. The van der Waals surface area contributed by atoms with Gasteiger partial charge in [-0.2, -0.15) is 0 Å². The van der Waals surface area contributed by atoms with Crippen LogP contribution in [0.15, 0.2) is 24.5 Å². The van der Waals surface area contributed by atoms with Crippen molar-refractivity contribution < 1.29 is 4.74 Å². The van der Waals surface area contributed by atoms with Gasteiger partial charge in [0.05, 0.1) is 6.10 Å². The summed E-state index contributed by atoms with van der Waals surface area (Å²) in [7, 11) is 0. The molecule has 0 aliphatic heterocycles. The summed E-state index contributed by atoms with van der Waals surface area (Å²) in [6, 6.07) is 5.00. The fourth-order valence-corrected chi connectivity index (χ4v) is 3.04. The zero-order chi connectivity index (χ0) is 13.9. The molecule has 0 saturated heterocycles. The maximum Gasteiger partial charge on any atom is 0.0658 e. The number of aromatic nitrogens is 1. The minimum absolute atomic E-state index is 0.256. The van der Waals surface area contributed by atoms with E-state index in [1.54, 1.807) is 0 Å². The molecule has 2 rings (SSSR count). The zero-order valence-electron chi connectivity index (χ0n) is 12.5. The smallest absolute Gasteiger partial charge is 0.0658 e. The lowest BCUT2D eigenvalue weighted by Gasteiger charge is -2.54. The lowest BCUT2D eigenvalue weighted by atomic mass is 9.61. The van der Waals surface area contributed by atoms with Crippen LogP contribution in [-0.4, -0.2) is 23.7 Å². The Morgan fingerprint density at radius 2 is 2.32 bits per heavy atom. The fraction of sp³-hybridized carbons (Fsp3) is 0.688. The van der Waals surface area contributed by atoms with Gasteiger partial charge in [0.1, 0.15) is 0 Å². The lowest BCUT2D eigenvalue weighted by molar-refractivity contribution is -0.127. The lowest BCUT2D eigenvalue weighted by Crippen LogP contribution is -2.62. The molecule has 1 aromatic heterocycles. The van der Waals surface area contributed by atoms with E-state index in [0.29, 0.717) is 18.2 Å². The summed E-state index contributed by atoms with van der Waals surface area (Å²) in [5, 5.41) is 3.74. The van der Waals surface area contributed by atoms with E-state index in [2.05, 4.69) is 44.1 Å². The van der Waals surface area contributed by atoms with Gasteiger partial charge in [-0.25, -0.2) is 0 Å². The van der Waals surface area contributed by atoms with Gasteiger partial charge in [-0.3, -0.25) is 4.98 Å². The second-order valence-corrected chi connectivity index (χ2v) is 5.77. The average Bonchev–Trinajstić information content (AvgIpc) is 2.46. The number of hydrogen-bond donors (Lipinski definition) is 1. The summed E-state index contributed by atoms with van der Waals surface area (Å²) < 4.78 is 5.85. The van der Waals surface area contributed by atoms with Crippen molar-refractivity contribution in [1.82, 2.24) is 10.3 Å². The Morgan fingerprint density at radius 1 is 1.53 bits per heavy atom. The quantitative estimate of drug-likeness (QED) is 0.854. The molecule has 1 aromatic rings. The Labute approximate surface area is 116 Å². The highest BCUT2D eigenvalue weighted by Crippen LogP contribution is 2.46. The minimum Gasteiger partial charge on any atom is -0.378 e. The summed E-state index contributed by atoms with van der Waals surface area (Å²) in [5.74, 6) is 0. The van der Waals surface area contributed by atoms with Crippen LogP contribution >= 0.6 is 0 Å². The van der Waals surface area contributed by atoms with Gasteiger partial charge in [-0.05, 0) is 38.3 Å². The summed E-state index contributed by atoms with van der Waals surface area (Å²) in [6.45, 7) is 9.69. The first-order valence-electron chi connectivity index (χ1n) is 7.39. The molecule has 0 aromatic carbocycles. The Balaban J connectivity index is 1.97. The summed E-state index contributed by atoms with van der Waals surface area (Å²) in [5.41, 5.74) is 1.51. The van der Waals surface area contributed by atoms with Gasteiger partial charge in [0.25, 0.3) is 0 Å². The van der Waals surface area contributed by atoms with Gasteiger partial charge in [-0.15, -0.1) is 0 Å². The van der Waals surface area contributed by atoms with Crippen LogP contribution in [0.25, 0.3) is 0 Å². The number of rotatable bonds is 6. The van der Waals surface area contributed by atoms with E-state index in [4.69, 9.17) is 4.74 Å². The van der Waals surface area contributed by atoms with Crippen molar-refractivity contribution in [2.24, 2.45) is 5.41 Å². The molecule has 0 radical (unpaired) electrons. The molecule has 19 heavy (non-hydrogen) atoms. The SMILES string of the molecule is CCOC1CC(NC(C)c2cccnc2)C1(C)CC. The fourth-order valence-electron chi connectivity index (χ4n) is 3.04. The van der Waals surface area contributed by atoms with Gasteiger partial charge < -0.3 is 10.1 Å². The van der Waals surface area contributed by atoms with Crippen LogP contribution in [-0.2, 0) is 4.74 Å². The van der Waals surface area contributed by atoms with Crippen molar-refractivity contribution in [1.29, 1.82) is 0 Å². The van der Waals surface area contributed by atoms with Crippen LogP contribution in [0.4, 0.5) is 0 Å². The summed E-state index contributed by atoms with van der Waals surface area (Å²) in [6.07, 6.45) is 6.43. The molecule has 4 unspecified atom stereocenters. The highest BCUT2D eigenvalue weighted by atomic mass is 16.5. The number of nitrogens with zero attached hydrogens (tertiary/aromatic N) is 1. The van der Waals surface area contributed by atoms with Gasteiger partial charge in [-0.1, -0.05) is 19.9 Å². The average molecular weight is 262 g/mol. The molecule has 106 valence electrons. The Bertz CT molecular complexity index is 395. The van der Waals surface area contributed by atoms with E-state index >= 15 is 0 Å². The van der Waals surface area contributed by atoms with Crippen molar-refractivity contribution in [3.63, 3.8) is 0 Å². The standard InChI is InChI=1S/C16H26N2O/c1-5-16(4)14(10-15(16)19-6-2)18-12(3)13-8-7-9-17-11-13/h7-9,11-12,14-15,18H,5-6,10H2,1-4H3. The molecule has 3 nitrogen and oxygen atoms in total. The second-order valence-electron chi connectivity index (χ2n) is 5.77. The van der Waals surface area contributed by atoms with E-state index in [1.165, 1.54) is 5.56 Å².